The first kappa shape index (κ1) is 18.2. The van der Waals surface area contributed by atoms with Crippen LogP contribution in [0.2, 0.25) is 0 Å². The van der Waals surface area contributed by atoms with Crippen LogP contribution in [0.25, 0.3) is 0 Å². The lowest BCUT2D eigenvalue weighted by Crippen LogP contribution is -2.46. The van der Waals surface area contributed by atoms with Crippen molar-refractivity contribution >= 4 is 23.0 Å². The van der Waals surface area contributed by atoms with E-state index in [1.54, 1.807) is 0 Å². The second-order valence-corrected chi connectivity index (χ2v) is 7.10. The average Bonchev–Trinajstić information content (AvgIpc) is 2.70. The van der Waals surface area contributed by atoms with Gasteiger partial charge in [0.25, 0.3) is 0 Å². The van der Waals surface area contributed by atoms with Crippen LogP contribution in [0, 0.1) is 19.7 Å². The number of piperazine rings is 1. The Labute approximate surface area is 164 Å². The van der Waals surface area contributed by atoms with E-state index >= 15 is 0 Å². The van der Waals surface area contributed by atoms with E-state index in [-0.39, 0.29) is 5.82 Å². The van der Waals surface area contributed by atoms with Gasteiger partial charge in [0.2, 0.25) is 0 Å². The standard InChI is InChI=1S/C22H24FN5/c1-16-3-7-19(8-4-16)26-21-15-22(25-17(2)24-21)28-13-11-27(12-14-28)20-9-5-18(23)6-10-20/h3-10,15H,11-14H2,1-2H3,(H,24,25,26). The number of hydrogen-bond donors (Lipinski definition) is 1. The maximum Gasteiger partial charge on any atom is 0.136 e. The molecule has 0 spiro atoms. The number of hydrogen-bond acceptors (Lipinski definition) is 5. The minimum absolute atomic E-state index is 0.201. The monoisotopic (exact) mass is 377 g/mol. The van der Waals surface area contributed by atoms with Crippen LogP contribution < -0.4 is 15.1 Å². The highest BCUT2D eigenvalue weighted by Crippen LogP contribution is 2.23. The lowest BCUT2D eigenvalue weighted by atomic mass is 10.2. The van der Waals surface area contributed by atoms with E-state index in [2.05, 4.69) is 44.1 Å². The number of rotatable bonds is 4. The van der Waals surface area contributed by atoms with Gasteiger partial charge in [-0.3, -0.25) is 0 Å². The number of nitrogens with one attached hydrogen (secondary N) is 1. The lowest BCUT2D eigenvalue weighted by Gasteiger charge is -2.36. The van der Waals surface area contributed by atoms with Crippen molar-refractivity contribution in [2.45, 2.75) is 13.8 Å². The van der Waals surface area contributed by atoms with Crippen molar-refractivity contribution in [2.75, 3.05) is 41.3 Å². The minimum atomic E-state index is -0.201. The second-order valence-electron chi connectivity index (χ2n) is 7.10. The highest BCUT2D eigenvalue weighted by Gasteiger charge is 2.19. The van der Waals surface area contributed by atoms with E-state index in [9.17, 15) is 4.39 Å². The van der Waals surface area contributed by atoms with Crippen LogP contribution in [-0.4, -0.2) is 36.1 Å². The van der Waals surface area contributed by atoms with E-state index in [0.717, 1.165) is 55.0 Å². The van der Waals surface area contributed by atoms with Crippen LogP contribution in [-0.2, 0) is 0 Å². The number of halogens is 1. The smallest absolute Gasteiger partial charge is 0.136 e. The summed E-state index contributed by atoms with van der Waals surface area (Å²) in [5.41, 5.74) is 3.29. The largest absolute Gasteiger partial charge is 0.368 e. The fourth-order valence-corrected chi connectivity index (χ4v) is 3.41. The van der Waals surface area contributed by atoms with E-state index in [1.807, 2.05) is 37.3 Å². The van der Waals surface area contributed by atoms with E-state index in [1.165, 1.54) is 17.7 Å². The molecule has 0 amide bonds. The highest BCUT2D eigenvalue weighted by molar-refractivity contribution is 5.60. The summed E-state index contributed by atoms with van der Waals surface area (Å²) >= 11 is 0. The molecule has 1 aliphatic rings. The normalized spacial score (nSPS) is 14.2. The summed E-state index contributed by atoms with van der Waals surface area (Å²) in [5.74, 6) is 2.27. The Balaban J connectivity index is 1.45. The fraction of sp³-hybridized carbons (Fsp3) is 0.273. The van der Waals surface area contributed by atoms with Crippen molar-refractivity contribution < 1.29 is 4.39 Å². The Bertz CT molecular complexity index is 932. The van der Waals surface area contributed by atoms with Crippen molar-refractivity contribution in [3.63, 3.8) is 0 Å². The molecule has 6 heteroatoms. The lowest BCUT2D eigenvalue weighted by molar-refractivity contribution is 0.624. The third-order valence-electron chi connectivity index (χ3n) is 4.94. The van der Waals surface area contributed by atoms with Crippen molar-refractivity contribution in [1.29, 1.82) is 0 Å². The van der Waals surface area contributed by atoms with Gasteiger partial charge in [-0.05, 0) is 50.2 Å². The Morgan fingerprint density at radius 2 is 1.46 bits per heavy atom. The maximum atomic E-state index is 13.1. The van der Waals surface area contributed by atoms with Gasteiger partial charge in [0, 0.05) is 43.6 Å². The summed E-state index contributed by atoms with van der Waals surface area (Å²) in [5, 5.41) is 3.37. The molecule has 144 valence electrons. The van der Waals surface area contributed by atoms with E-state index < -0.39 is 0 Å². The minimum Gasteiger partial charge on any atom is -0.368 e. The number of anilines is 4. The van der Waals surface area contributed by atoms with Gasteiger partial charge in [0.15, 0.2) is 0 Å². The van der Waals surface area contributed by atoms with Gasteiger partial charge >= 0.3 is 0 Å². The molecule has 0 aliphatic carbocycles. The Morgan fingerprint density at radius 3 is 2.14 bits per heavy atom. The molecule has 0 unspecified atom stereocenters. The zero-order chi connectivity index (χ0) is 19.5. The molecule has 1 saturated heterocycles. The molecule has 28 heavy (non-hydrogen) atoms. The average molecular weight is 377 g/mol. The predicted molar refractivity (Wildman–Crippen MR) is 112 cm³/mol. The van der Waals surface area contributed by atoms with Crippen LogP contribution in [0.5, 0.6) is 0 Å². The van der Waals surface area contributed by atoms with Crippen LogP contribution in [0.1, 0.15) is 11.4 Å². The van der Waals surface area contributed by atoms with Crippen molar-refractivity contribution in [3.05, 3.63) is 71.8 Å². The number of benzene rings is 2. The molecule has 2 heterocycles. The van der Waals surface area contributed by atoms with Crippen LogP contribution in [0.3, 0.4) is 0 Å². The van der Waals surface area contributed by atoms with Gasteiger partial charge in [-0.15, -0.1) is 0 Å². The Hall–Kier alpha value is -3.15. The molecule has 2 aromatic carbocycles. The molecule has 0 radical (unpaired) electrons. The third-order valence-corrected chi connectivity index (χ3v) is 4.94. The van der Waals surface area contributed by atoms with E-state index in [4.69, 9.17) is 0 Å². The molecule has 0 atom stereocenters. The summed E-state index contributed by atoms with van der Waals surface area (Å²) < 4.78 is 13.1. The van der Waals surface area contributed by atoms with Gasteiger partial charge in [-0.25, -0.2) is 14.4 Å². The van der Waals surface area contributed by atoms with Crippen LogP contribution in [0.15, 0.2) is 54.6 Å². The zero-order valence-electron chi connectivity index (χ0n) is 16.2. The Kier molecular flexibility index (Phi) is 5.10. The van der Waals surface area contributed by atoms with Gasteiger partial charge in [0.05, 0.1) is 0 Å². The molecule has 4 rings (SSSR count). The zero-order valence-corrected chi connectivity index (χ0v) is 16.2. The van der Waals surface area contributed by atoms with Crippen molar-refractivity contribution in [1.82, 2.24) is 9.97 Å². The van der Waals surface area contributed by atoms with Crippen molar-refractivity contribution in [3.8, 4) is 0 Å². The molecule has 0 bridgehead atoms. The molecule has 1 aromatic heterocycles. The van der Waals surface area contributed by atoms with Gasteiger partial charge in [-0.2, -0.15) is 0 Å². The number of nitrogens with zero attached hydrogens (tertiary/aromatic N) is 4. The number of aromatic nitrogens is 2. The molecule has 3 aromatic rings. The Morgan fingerprint density at radius 1 is 0.821 bits per heavy atom. The molecule has 1 fully saturated rings. The fourth-order valence-electron chi connectivity index (χ4n) is 3.41. The topological polar surface area (TPSA) is 44.3 Å². The quantitative estimate of drug-likeness (QED) is 0.734. The molecule has 0 saturated carbocycles. The van der Waals surface area contributed by atoms with Gasteiger partial charge in [-0.1, -0.05) is 17.7 Å². The summed E-state index contributed by atoms with van der Waals surface area (Å²) in [6, 6.07) is 16.9. The van der Waals surface area contributed by atoms with Crippen molar-refractivity contribution in [2.24, 2.45) is 0 Å². The summed E-state index contributed by atoms with van der Waals surface area (Å²) in [6.45, 7) is 7.45. The molecule has 1 N–H and O–H groups in total. The summed E-state index contributed by atoms with van der Waals surface area (Å²) in [7, 11) is 0. The first-order valence-electron chi connectivity index (χ1n) is 9.52. The van der Waals surface area contributed by atoms with Gasteiger partial charge < -0.3 is 15.1 Å². The SMILES string of the molecule is Cc1ccc(Nc2cc(N3CCN(c4ccc(F)cc4)CC3)nc(C)n2)cc1. The highest BCUT2D eigenvalue weighted by atomic mass is 19.1. The number of aryl methyl sites for hydroxylation is 2. The first-order chi connectivity index (χ1) is 13.6. The van der Waals surface area contributed by atoms with Gasteiger partial charge in [0.1, 0.15) is 23.3 Å². The third kappa shape index (κ3) is 4.22. The second kappa shape index (κ2) is 7.84. The molecular weight excluding hydrogens is 353 g/mol. The van der Waals surface area contributed by atoms with Crippen LogP contribution in [0.4, 0.5) is 27.4 Å². The molecular formula is C22H24FN5. The summed E-state index contributed by atoms with van der Waals surface area (Å²) in [4.78, 5) is 13.7. The molecule has 1 aliphatic heterocycles. The van der Waals surface area contributed by atoms with Crippen LogP contribution >= 0.6 is 0 Å². The maximum absolute atomic E-state index is 13.1. The predicted octanol–water partition coefficient (Wildman–Crippen LogP) is 4.30. The molecule has 5 nitrogen and oxygen atoms in total. The van der Waals surface area contributed by atoms with E-state index in [0.29, 0.717) is 0 Å². The summed E-state index contributed by atoms with van der Waals surface area (Å²) in [6.07, 6.45) is 0. The first-order valence-corrected chi connectivity index (χ1v) is 9.52.